The fourth-order valence-electron chi connectivity index (χ4n) is 3.89. The molecule has 120 valence electrons. The highest BCUT2D eigenvalue weighted by Crippen LogP contribution is 2.34. The molecule has 2 aromatic heterocycles. The maximum absolute atomic E-state index is 12.5. The van der Waals surface area contributed by atoms with Crippen molar-refractivity contribution in [3.05, 3.63) is 52.0 Å². The average Bonchev–Trinajstić information content (AvgIpc) is 3.22. The number of carbonyl (C=O) groups is 1. The average molecular weight is 327 g/mol. The van der Waals surface area contributed by atoms with Crippen LogP contribution in [0.1, 0.15) is 29.8 Å². The summed E-state index contributed by atoms with van der Waals surface area (Å²) in [6.07, 6.45) is 1.73. The van der Waals surface area contributed by atoms with Crippen molar-refractivity contribution in [1.29, 1.82) is 0 Å². The smallest absolute Gasteiger partial charge is 0.224 e. The number of hydrogen-bond acceptors (Lipinski definition) is 4. The molecule has 0 aliphatic carbocycles. The Balaban J connectivity index is 1.48. The van der Waals surface area contributed by atoms with Gasteiger partial charge in [-0.2, -0.15) is 11.3 Å². The summed E-state index contributed by atoms with van der Waals surface area (Å²) < 4.78 is 0. The topological polar surface area (TPSA) is 36.4 Å². The van der Waals surface area contributed by atoms with Gasteiger partial charge in [0.1, 0.15) is 0 Å². The summed E-state index contributed by atoms with van der Waals surface area (Å²) in [5.41, 5.74) is 3.37. The van der Waals surface area contributed by atoms with Crippen LogP contribution < -0.4 is 0 Å². The Hall–Kier alpha value is -1.72. The van der Waals surface area contributed by atoms with Crippen LogP contribution in [-0.4, -0.2) is 39.3 Å². The van der Waals surface area contributed by atoms with Gasteiger partial charge in [0.2, 0.25) is 5.91 Å². The molecule has 5 heteroatoms. The van der Waals surface area contributed by atoms with Crippen LogP contribution in [0.5, 0.6) is 0 Å². The third-order valence-corrected chi connectivity index (χ3v) is 5.71. The van der Waals surface area contributed by atoms with Crippen LogP contribution in [0.25, 0.3) is 0 Å². The predicted octanol–water partition coefficient (Wildman–Crippen LogP) is 2.83. The normalized spacial score (nSPS) is 24.4. The minimum atomic E-state index is 0.276. The summed E-state index contributed by atoms with van der Waals surface area (Å²) in [5.74, 6) is 0.276. The first-order valence-electron chi connectivity index (χ1n) is 8.18. The van der Waals surface area contributed by atoms with Gasteiger partial charge in [0.15, 0.2) is 0 Å². The van der Waals surface area contributed by atoms with E-state index in [9.17, 15) is 4.79 Å². The van der Waals surface area contributed by atoms with E-state index in [0.29, 0.717) is 25.0 Å². The van der Waals surface area contributed by atoms with E-state index in [1.165, 1.54) is 5.56 Å². The van der Waals surface area contributed by atoms with E-state index < -0.39 is 0 Å². The van der Waals surface area contributed by atoms with Gasteiger partial charge in [0, 0.05) is 37.3 Å². The molecule has 0 radical (unpaired) electrons. The molecule has 0 N–H and O–H groups in total. The largest absolute Gasteiger partial charge is 0.332 e. The van der Waals surface area contributed by atoms with Crippen molar-refractivity contribution in [3.63, 3.8) is 0 Å². The van der Waals surface area contributed by atoms with Gasteiger partial charge in [0.25, 0.3) is 0 Å². The second kappa shape index (κ2) is 6.06. The Morgan fingerprint density at radius 2 is 2.17 bits per heavy atom. The Morgan fingerprint density at radius 3 is 2.96 bits per heavy atom. The van der Waals surface area contributed by atoms with Crippen molar-refractivity contribution >= 4 is 17.2 Å². The standard InChI is InChI=1S/C18H21N3OS/c1-13-3-2-4-15(19-13)11-21-16-5-7-20(17(16)9-18(21)22)10-14-6-8-23-12-14/h2-4,6,8,12,16-17H,5,7,9-11H2,1H3/t16-,17-/m0/s1. The second-order valence-corrected chi connectivity index (χ2v) is 7.30. The molecule has 23 heavy (non-hydrogen) atoms. The van der Waals surface area contributed by atoms with E-state index in [1.807, 2.05) is 25.1 Å². The van der Waals surface area contributed by atoms with Crippen LogP contribution >= 0.6 is 11.3 Å². The van der Waals surface area contributed by atoms with Gasteiger partial charge in [0.05, 0.1) is 12.2 Å². The van der Waals surface area contributed by atoms with Crippen molar-refractivity contribution in [2.24, 2.45) is 0 Å². The van der Waals surface area contributed by atoms with E-state index in [-0.39, 0.29) is 5.91 Å². The number of pyridine rings is 1. The molecule has 2 fully saturated rings. The van der Waals surface area contributed by atoms with Crippen LogP contribution in [0.3, 0.4) is 0 Å². The van der Waals surface area contributed by atoms with Crippen LogP contribution in [0.4, 0.5) is 0 Å². The molecule has 0 spiro atoms. The Bertz CT molecular complexity index is 700. The number of fused-ring (bicyclic) bond motifs is 1. The zero-order valence-corrected chi connectivity index (χ0v) is 14.1. The molecule has 2 aliphatic heterocycles. The number of thiophene rings is 1. The molecule has 2 aromatic rings. The number of nitrogens with zero attached hydrogens (tertiary/aromatic N) is 3. The number of carbonyl (C=O) groups excluding carboxylic acids is 1. The first-order valence-corrected chi connectivity index (χ1v) is 9.12. The van der Waals surface area contributed by atoms with Crippen molar-refractivity contribution in [2.75, 3.05) is 6.54 Å². The Labute approximate surface area is 140 Å². The highest BCUT2D eigenvalue weighted by atomic mass is 32.1. The Morgan fingerprint density at radius 1 is 1.26 bits per heavy atom. The third-order valence-electron chi connectivity index (χ3n) is 4.97. The monoisotopic (exact) mass is 327 g/mol. The molecule has 0 saturated carbocycles. The zero-order chi connectivity index (χ0) is 15.8. The molecule has 0 bridgehead atoms. The molecule has 0 unspecified atom stereocenters. The van der Waals surface area contributed by atoms with Gasteiger partial charge in [-0.3, -0.25) is 14.7 Å². The Kier molecular flexibility index (Phi) is 3.91. The highest BCUT2D eigenvalue weighted by molar-refractivity contribution is 7.07. The number of aromatic nitrogens is 1. The van der Waals surface area contributed by atoms with Gasteiger partial charge >= 0.3 is 0 Å². The summed E-state index contributed by atoms with van der Waals surface area (Å²) in [6, 6.07) is 8.94. The van der Waals surface area contributed by atoms with Gasteiger partial charge < -0.3 is 4.90 Å². The molecule has 1 amide bonds. The van der Waals surface area contributed by atoms with Crippen molar-refractivity contribution in [3.8, 4) is 0 Å². The number of aryl methyl sites for hydroxylation is 1. The zero-order valence-electron chi connectivity index (χ0n) is 13.3. The maximum Gasteiger partial charge on any atom is 0.224 e. The maximum atomic E-state index is 12.5. The highest BCUT2D eigenvalue weighted by Gasteiger charge is 2.46. The number of likely N-dealkylation sites (tertiary alicyclic amines) is 2. The van der Waals surface area contributed by atoms with E-state index in [2.05, 4.69) is 31.6 Å². The van der Waals surface area contributed by atoms with Crippen molar-refractivity contribution < 1.29 is 4.79 Å². The first kappa shape index (κ1) is 14.8. The van der Waals surface area contributed by atoms with Crippen LogP contribution in [0, 0.1) is 6.92 Å². The van der Waals surface area contributed by atoms with E-state index in [1.54, 1.807) is 11.3 Å². The molecule has 2 saturated heterocycles. The molecule has 4 nitrogen and oxygen atoms in total. The van der Waals surface area contributed by atoms with E-state index in [4.69, 9.17) is 0 Å². The summed E-state index contributed by atoms with van der Waals surface area (Å²) >= 11 is 1.74. The predicted molar refractivity (Wildman–Crippen MR) is 91.1 cm³/mol. The van der Waals surface area contributed by atoms with Crippen LogP contribution in [-0.2, 0) is 17.9 Å². The lowest BCUT2D eigenvalue weighted by Crippen LogP contribution is -2.36. The first-order chi connectivity index (χ1) is 11.2. The molecule has 4 rings (SSSR count). The number of hydrogen-bond donors (Lipinski definition) is 0. The van der Waals surface area contributed by atoms with Gasteiger partial charge in [-0.1, -0.05) is 6.07 Å². The second-order valence-electron chi connectivity index (χ2n) is 6.52. The molecular formula is C18H21N3OS. The van der Waals surface area contributed by atoms with E-state index in [0.717, 1.165) is 30.9 Å². The van der Waals surface area contributed by atoms with E-state index >= 15 is 0 Å². The minimum absolute atomic E-state index is 0.276. The van der Waals surface area contributed by atoms with Crippen LogP contribution in [0.2, 0.25) is 0 Å². The minimum Gasteiger partial charge on any atom is -0.332 e. The van der Waals surface area contributed by atoms with Crippen LogP contribution in [0.15, 0.2) is 35.0 Å². The third kappa shape index (κ3) is 2.91. The molecule has 4 heterocycles. The SMILES string of the molecule is Cc1cccc(CN2C(=O)C[C@H]3[C@@H]2CCN3Cc2ccsc2)n1. The number of amides is 1. The fourth-order valence-corrected chi connectivity index (χ4v) is 4.55. The lowest BCUT2D eigenvalue weighted by molar-refractivity contribution is -0.129. The van der Waals surface area contributed by atoms with Gasteiger partial charge in [-0.15, -0.1) is 0 Å². The number of rotatable bonds is 4. The van der Waals surface area contributed by atoms with Gasteiger partial charge in [-0.05, 0) is 47.9 Å². The summed E-state index contributed by atoms with van der Waals surface area (Å²) in [4.78, 5) is 21.6. The fraction of sp³-hybridized carbons (Fsp3) is 0.444. The van der Waals surface area contributed by atoms with Crippen molar-refractivity contribution in [1.82, 2.24) is 14.8 Å². The lowest BCUT2D eigenvalue weighted by Gasteiger charge is -2.25. The van der Waals surface area contributed by atoms with Crippen molar-refractivity contribution in [2.45, 2.75) is 44.9 Å². The summed E-state index contributed by atoms with van der Waals surface area (Å²) in [6.45, 7) is 4.69. The molecule has 0 aromatic carbocycles. The lowest BCUT2D eigenvalue weighted by atomic mass is 10.1. The summed E-state index contributed by atoms with van der Waals surface area (Å²) in [5, 5.41) is 4.33. The molecule has 2 atom stereocenters. The molecular weight excluding hydrogens is 306 g/mol. The summed E-state index contributed by atoms with van der Waals surface area (Å²) in [7, 11) is 0. The van der Waals surface area contributed by atoms with Gasteiger partial charge in [-0.25, -0.2) is 0 Å². The quantitative estimate of drug-likeness (QED) is 0.866. The molecule has 2 aliphatic rings.